The minimum absolute atomic E-state index is 1.15. The smallest absolute Gasteiger partial charge is 0.0469 e. The topological polar surface area (TPSA) is 19.0 Å². The Balaban J connectivity index is 1.73. The zero-order valence-corrected chi connectivity index (χ0v) is 15.2. The predicted octanol–water partition coefficient (Wildman–Crippen LogP) is 7.10. The fourth-order valence-corrected chi connectivity index (χ4v) is 3.69. The van der Waals surface area contributed by atoms with E-state index in [1.165, 1.54) is 21.9 Å². The maximum absolute atomic E-state index is 3.51. The number of aryl methyl sites for hydroxylation is 1. The SMILES string of the molecule is Cc1ccc(N(c2ccccc2)c2ccc3[nH]c4ccccc4c3c2)cc1. The van der Waals surface area contributed by atoms with E-state index >= 15 is 0 Å². The van der Waals surface area contributed by atoms with Gasteiger partial charge in [0.1, 0.15) is 0 Å². The Kier molecular flexibility index (Phi) is 3.68. The van der Waals surface area contributed by atoms with E-state index in [0.29, 0.717) is 0 Å². The van der Waals surface area contributed by atoms with Crippen molar-refractivity contribution >= 4 is 38.9 Å². The van der Waals surface area contributed by atoms with Crippen LogP contribution in [0, 0.1) is 6.92 Å². The molecule has 0 fully saturated rings. The van der Waals surface area contributed by atoms with E-state index in [9.17, 15) is 0 Å². The first kappa shape index (κ1) is 15.7. The van der Waals surface area contributed by atoms with Crippen LogP contribution >= 0.6 is 0 Å². The van der Waals surface area contributed by atoms with Gasteiger partial charge in [-0.2, -0.15) is 0 Å². The molecule has 0 radical (unpaired) electrons. The number of aromatic amines is 1. The number of nitrogens with one attached hydrogen (secondary N) is 1. The summed E-state index contributed by atoms with van der Waals surface area (Å²) < 4.78 is 0. The quantitative estimate of drug-likeness (QED) is 0.368. The van der Waals surface area contributed by atoms with Crippen LogP contribution in [0.1, 0.15) is 5.56 Å². The van der Waals surface area contributed by atoms with E-state index < -0.39 is 0 Å². The number of rotatable bonds is 3. The van der Waals surface area contributed by atoms with Crippen LogP contribution in [0.25, 0.3) is 21.8 Å². The van der Waals surface area contributed by atoms with E-state index in [1.807, 2.05) is 0 Å². The second-order valence-electron chi connectivity index (χ2n) is 6.91. The second kappa shape index (κ2) is 6.33. The summed E-state index contributed by atoms with van der Waals surface area (Å²) in [6, 6.07) is 34.3. The monoisotopic (exact) mass is 348 g/mol. The molecule has 5 aromatic rings. The summed E-state index contributed by atoms with van der Waals surface area (Å²) in [7, 11) is 0. The number of hydrogen-bond donors (Lipinski definition) is 1. The van der Waals surface area contributed by atoms with Crippen LogP contribution in [-0.2, 0) is 0 Å². The molecule has 0 atom stereocenters. The number of anilines is 3. The molecule has 4 aromatic carbocycles. The highest BCUT2D eigenvalue weighted by Crippen LogP contribution is 2.37. The highest BCUT2D eigenvalue weighted by Gasteiger charge is 2.14. The highest BCUT2D eigenvalue weighted by molar-refractivity contribution is 6.08. The molecule has 0 bridgehead atoms. The van der Waals surface area contributed by atoms with Crippen molar-refractivity contribution in [3.05, 3.63) is 103 Å². The number of hydrogen-bond acceptors (Lipinski definition) is 1. The molecule has 130 valence electrons. The van der Waals surface area contributed by atoms with Gasteiger partial charge in [0.15, 0.2) is 0 Å². The lowest BCUT2D eigenvalue weighted by Crippen LogP contribution is -2.09. The average Bonchev–Trinajstić information content (AvgIpc) is 3.09. The third-order valence-electron chi connectivity index (χ3n) is 5.05. The molecule has 1 heterocycles. The van der Waals surface area contributed by atoms with Crippen LogP contribution in [0.5, 0.6) is 0 Å². The Bertz CT molecular complexity index is 1220. The van der Waals surface area contributed by atoms with Crippen LogP contribution in [0.3, 0.4) is 0 Å². The van der Waals surface area contributed by atoms with Crippen molar-refractivity contribution in [3.8, 4) is 0 Å². The van der Waals surface area contributed by atoms with Crippen LogP contribution < -0.4 is 4.90 Å². The molecule has 0 saturated carbocycles. The van der Waals surface area contributed by atoms with Crippen molar-refractivity contribution in [3.63, 3.8) is 0 Å². The minimum atomic E-state index is 1.15. The van der Waals surface area contributed by atoms with Crippen molar-refractivity contribution in [2.45, 2.75) is 6.92 Å². The normalized spacial score (nSPS) is 11.1. The Morgan fingerprint density at radius 2 is 1.19 bits per heavy atom. The molecule has 0 aliphatic carbocycles. The van der Waals surface area contributed by atoms with Crippen molar-refractivity contribution < 1.29 is 0 Å². The zero-order valence-electron chi connectivity index (χ0n) is 15.2. The van der Waals surface area contributed by atoms with Gasteiger partial charge in [-0.15, -0.1) is 0 Å². The van der Waals surface area contributed by atoms with Gasteiger partial charge in [0.05, 0.1) is 0 Å². The molecule has 0 amide bonds. The zero-order chi connectivity index (χ0) is 18.2. The molecule has 5 rings (SSSR count). The van der Waals surface area contributed by atoms with Crippen LogP contribution in [0.15, 0.2) is 97.1 Å². The lowest BCUT2D eigenvalue weighted by atomic mass is 10.1. The summed E-state index contributed by atoms with van der Waals surface area (Å²) in [6.07, 6.45) is 0. The van der Waals surface area contributed by atoms with Crippen molar-refractivity contribution in [2.75, 3.05) is 4.90 Å². The first-order valence-corrected chi connectivity index (χ1v) is 9.22. The molecular weight excluding hydrogens is 328 g/mol. The molecule has 0 spiro atoms. The van der Waals surface area contributed by atoms with Gasteiger partial charge in [0, 0.05) is 38.9 Å². The molecule has 1 N–H and O–H groups in total. The summed E-state index contributed by atoms with van der Waals surface area (Å²) >= 11 is 0. The molecule has 1 aromatic heterocycles. The van der Waals surface area contributed by atoms with Crippen molar-refractivity contribution in [2.24, 2.45) is 0 Å². The summed E-state index contributed by atoms with van der Waals surface area (Å²) in [6.45, 7) is 2.12. The number of H-pyrrole nitrogens is 1. The predicted molar refractivity (Wildman–Crippen MR) is 115 cm³/mol. The van der Waals surface area contributed by atoms with Gasteiger partial charge < -0.3 is 9.88 Å². The first-order chi connectivity index (χ1) is 13.3. The number of para-hydroxylation sites is 2. The standard InChI is InChI=1S/C25H20N2/c1-18-11-13-20(14-12-18)27(19-7-3-2-4-8-19)21-15-16-25-23(17-21)22-9-5-6-10-24(22)26-25/h2-17,26H,1H3. The van der Waals surface area contributed by atoms with Crippen LogP contribution in [0.2, 0.25) is 0 Å². The molecule has 0 unspecified atom stereocenters. The second-order valence-corrected chi connectivity index (χ2v) is 6.91. The van der Waals surface area contributed by atoms with E-state index in [2.05, 4.69) is 114 Å². The van der Waals surface area contributed by atoms with E-state index in [0.717, 1.165) is 22.6 Å². The third kappa shape index (κ3) is 2.76. The fraction of sp³-hybridized carbons (Fsp3) is 0.0400. The minimum Gasteiger partial charge on any atom is -0.355 e. The van der Waals surface area contributed by atoms with Gasteiger partial charge in [-0.1, -0.05) is 54.1 Å². The highest BCUT2D eigenvalue weighted by atomic mass is 15.1. The average molecular weight is 348 g/mol. The van der Waals surface area contributed by atoms with Gasteiger partial charge in [0.2, 0.25) is 0 Å². The van der Waals surface area contributed by atoms with Crippen molar-refractivity contribution in [1.29, 1.82) is 0 Å². The maximum Gasteiger partial charge on any atom is 0.0469 e. The largest absolute Gasteiger partial charge is 0.355 e. The number of aromatic nitrogens is 1. The molecule has 2 nitrogen and oxygen atoms in total. The van der Waals surface area contributed by atoms with Gasteiger partial charge in [-0.25, -0.2) is 0 Å². The Morgan fingerprint density at radius 1 is 0.556 bits per heavy atom. The fourth-order valence-electron chi connectivity index (χ4n) is 3.69. The summed E-state index contributed by atoms with van der Waals surface area (Å²) in [5.74, 6) is 0. The van der Waals surface area contributed by atoms with E-state index in [1.54, 1.807) is 0 Å². The Hall–Kier alpha value is -3.52. The Morgan fingerprint density at radius 3 is 2.00 bits per heavy atom. The van der Waals surface area contributed by atoms with E-state index in [-0.39, 0.29) is 0 Å². The first-order valence-electron chi connectivity index (χ1n) is 9.22. The lowest BCUT2D eigenvalue weighted by molar-refractivity contribution is 1.28. The molecule has 0 aliphatic heterocycles. The third-order valence-corrected chi connectivity index (χ3v) is 5.05. The molecule has 0 aliphatic rings. The Labute approximate surface area is 158 Å². The van der Waals surface area contributed by atoms with Gasteiger partial charge in [0.25, 0.3) is 0 Å². The number of fused-ring (bicyclic) bond motifs is 3. The molecular formula is C25H20N2. The van der Waals surface area contributed by atoms with Gasteiger partial charge in [-0.05, 0) is 55.5 Å². The van der Waals surface area contributed by atoms with Crippen LogP contribution in [-0.4, -0.2) is 4.98 Å². The number of benzene rings is 4. The van der Waals surface area contributed by atoms with Gasteiger partial charge >= 0.3 is 0 Å². The van der Waals surface area contributed by atoms with Crippen molar-refractivity contribution in [1.82, 2.24) is 4.98 Å². The summed E-state index contributed by atoms with van der Waals surface area (Å²) in [4.78, 5) is 5.82. The molecule has 0 saturated heterocycles. The van der Waals surface area contributed by atoms with Gasteiger partial charge in [-0.3, -0.25) is 0 Å². The number of nitrogens with zero attached hydrogens (tertiary/aromatic N) is 1. The van der Waals surface area contributed by atoms with Crippen LogP contribution in [0.4, 0.5) is 17.1 Å². The molecule has 2 heteroatoms. The lowest BCUT2D eigenvalue weighted by Gasteiger charge is -2.25. The van der Waals surface area contributed by atoms with E-state index in [4.69, 9.17) is 0 Å². The molecule has 27 heavy (non-hydrogen) atoms. The summed E-state index contributed by atoms with van der Waals surface area (Å²) in [5, 5.41) is 2.50. The maximum atomic E-state index is 3.51. The summed E-state index contributed by atoms with van der Waals surface area (Å²) in [5.41, 5.74) is 7.07.